The lowest BCUT2D eigenvalue weighted by atomic mass is 9.98. The number of amides is 1. The molecule has 1 aromatic rings. The number of piperidine rings is 1. The molecule has 4 N–H and O–H groups in total. The Morgan fingerprint density at radius 2 is 2.47 bits per heavy atom. The predicted octanol–water partition coefficient (Wildman–Crippen LogP) is 0.864. The average molecular weight is 283 g/mol. The van der Waals surface area contributed by atoms with E-state index in [1.54, 1.807) is 0 Å². The van der Waals surface area contributed by atoms with Gasteiger partial charge in [0.05, 0.1) is 4.88 Å². The molecule has 0 saturated carbocycles. The highest BCUT2D eigenvalue weighted by atomic mass is 32.1. The van der Waals surface area contributed by atoms with E-state index in [0.29, 0.717) is 10.8 Å². The van der Waals surface area contributed by atoms with Crippen molar-refractivity contribution < 1.29 is 9.90 Å². The van der Waals surface area contributed by atoms with Crippen molar-refractivity contribution in [1.29, 1.82) is 0 Å². The third kappa shape index (κ3) is 3.54. The van der Waals surface area contributed by atoms with Crippen molar-refractivity contribution in [3.8, 4) is 0 Å². The van der Waals surface area contributed by atoms with Gasteiger partial charge in [-0.25, -0.2) is 5.84 Å². The minimum Gasteiger partial charge on any atom is -0.396 e. The molecule has 2 heterocycles. The molecular weight excluding hydrogens is 262 g/mol. The Kier molecular flexibility index (Phi) is 4.93. The summed E-state index contributed by atoms with van der Waals surface area (Å²) in [6.07, 6.45) is 2.24. The summed E-state index contributed by atoms with van der Waals surface area (Å²) >= 11 is 1.47. The lowest BCUT2D eigenvalue weighted by Crippen LogP contribution is -2.36. The summed E-state index contributed by atoms with van der Waals surface area (Å²) in [7, 11) is 0. The number of aliphatic hydroxyl groups is 1. The Balaban J connectivity index is 2.02. The van der Waals surface area contributed by atoms with Crippen LogP contribution in [0.5, 0.6) is 0 Å². The Morgan fingerprint density at radius 1 is 1.68 bits per heavy atom. The van der Waals surface area contributed by atoms with E-state index in [1.807, 2.05) is 13.0 Å². The van der Waals surface area contributed by atoms with Gasteiger partial charge in [-0.2, -0.15) is 0 Å². The van der Waals surface area contributed by atoms with Gasteiger partial charge in [0.15, 0.2) is 0 Å². The van der Waals surface area contributed by atoms with E-state index in [4.69, 9.17) is 5.84 Å². The molecule has 1 aliphatic rings. The number of nitrogen functional groups attached to an aromatic ring is 1. The molecule has 0 aliphatic carbocycles. The van der Waals surface area contributed by atoms with Crippen LogP contribution in [-0.4, -0.2) is 35.6 Å². The third-order valence-electron chi connectivity index (χ3n) is 3.63. The fourth-order valence-corrected chi connectivity index (χ4v) is 3.48. The molecule has 106 valence electrons. The molecule has 2 rings (SSSR count). The number of aliphatic hydroxyl groups excluding tert-OH is 1. The Labute approximate surface area is 117 Å². The van der Waals surface area contributed by atoms with Crippen LogP contribution < -0.4 is 11.3 Å². The van der Waals surface area contributed by atoms with Crippen LogP contribution in [0, 0.1) is 12.8 Å². The molecule has 1 aliphatic heterocycles. The van der Waals surface area contributed by atoms with E-state index < -0.39 is 0 Å². The minimum absolute atomic E-state index is 0.230. The number of nitrogens with zero attached hydrogens (tertiary/aromatic N) is 1. The Morgan fingerprint density at radius 3 is 3.16 bits per heavy atom. The van der Waals surface area contributed by atoms with Gasteiger partial charge in [0.2, 0.25) is 0 Å². The number of aryl methyl sites for hydroxylation is 1. The van der Waals surface area contributed by atoms with Crippen LogP contribution in [-0.2, 0) is 6.54 Å². The number of carbonyl (C=O) groups is 1. The SMILES string of the molecule is Cc1sc(C(=O)NN)cc1CN1CCCC(CO)C1. The summed E-state index contributed by atoms with van der Waals surface area (Å²) in [5.74, 6) is 5.31. The number of carbonyl (C=O) groups excluding carboxylic acids is 1. The molecular formula is C13H21N3O2S. The van der Waals surface area contributed by atoms with E-state index in [0.717, 1.165) is 37.4 Å². The van der Waals surface area contributed by atoms with Gasteiger partial charge in [0, 0.05) is 24.6 Å². The van der Waals surface area contributed by atoms with Crippen LogP contribution in [0.25, 0.3) is 0 Å². The molecule has 1 atom stereocenters. The third-order valence-corrected chi connectivity index (χ3v) is 4.72. The van der Waals surface area contributed by atoms with E-state index in [-0.39, 0.29) is 12.5 Å². The molecule has 0 radical (unpaired) electrons. The second kappa shape index (κ2) is 6.47. The highest BCUT2D eigenvalue weighted by Crippen LogP contribution is 2.25. The van der Waals surface area contributed by atoms with Gasteiger partial charge in [-0.3, -0.25) is 15.1 Å². The molecule has 0 aromatic carbocycles. The van der Waals surface area contributed by atoms with Crippen molar-refractivity contribution in [3.05, 3.63) is 21.4 Å². The van der Waals surface area contributed by atoms with Gasteiger partial charge < -0.3 is 5.11 Å². The second-order valence-corrected chi connectivity index (χ2v) is 6.35. The van der Waals surface area contributed by atoms with E-state index in [2.05, 4.69) is 10.3 Å². The van der Waals surface area contributed by atoms with Gasteiger partial charge in [-0.05, 0) is 43.9 Å². The standard InChI is InChI=1S/C13H21N3O2S/c1-9-11(5-12(19-9)13(18)15-14)7-16-4-2-3-10(6-16)8-17/h5,10,17H,2-4,6-8,14H2,1H3,(H,15,18). The molecule has 1 aromatic heterocycles. The van der Waals surface area contributed by atoms with Crippen LogP contribution in [0.1, 0.15) is 33.0 Å². The first-order valence-corrected chi connectivity index (χ1v) is 7.39. The van der Waals surface area contributed by atoms with E-state index in [9.17, 15) is 9.90 Å². The molecule has 0 bridgehead atoms. The number of likely N-dealkylation sites (tertiary alicyclic amines) is 1. The highest BCUT2D eigenvalue weighted by Gasteiger charge is 2.20. The summed E-state index contributed by atoms with van der Waals surface area (Å²) in [6.45, 7) is 5.13. The van der Waals surface area contributed by atoms with E-state index >= 15 is 0 Å². The smallest absolute Gasteiger partial charge is 0.275 e. The maximum atomic E-state index is 11.5. The lowest BCUT2D eigenvalue weighted by molar-refractivity contribution is 0.0957. The number of hydrogen-bond acceptors (Lipinski definition) is 5. The normalized spacial score (nSPS) is 20.5. The summed E-state index contributed by atoms with van der Waals surface area (Å²) in [5, 5.41) is 9.25. The lowest BCUT2D eigenvalue weighted by Gasteiger charge is -2.31. The summed E-state index contributed by atoms with van der Waals surface area (Å²) < 4.78 is 0. The molecule has 0 spiro atoms. The van der Waals surface area contributed by atoms with Crippen LogP contribution in [0.4, 0.5) is 0 Å². The van der Waals surface area contributed by atoms with Crippen molar-refractivity contribution in [2.75, 3.05) is 19.7 Å². The van der Waals surface area contributed by atoms with Crippen LogP contribution in [0.2, 0.25) is 0 Å². The first-order chi connectivity index (χ1) is 9.13. The number of hydrogen-bond donors (Lipinski definition) is 3. The summed E-state index contributed by atoms with van der Waals surface area (Å²) in [6, 6.07) is 1.92. The first-order valence-electron chi connectivity index (χ1n) is 6.57. The Bertz CT molecular complexity index is 447. The molecule has 1 amide bonds. The molecule has 19 heavy (non-hydrogen) atoms. The number of thiophene rings is 1. The fraction of sp³-hybridized carbons (Fsp3) is 0.615. The zero-order valence-corrected chi connectivity index (χ0v) is 12.0. The summed E-state index contributed by atoms with van der Waals surface area (Å²) in [4.78, 5) is 15.7. The van der Waals surface area contributed by atoms with Crippen molar-refractivity contribution in [2.45, 2.75) is 26.3 Å². The summed E-state index contributed by atoms with van der Waals surface area (Å²) in [5.41, 5.74) is 3.35. The van der Waals surface area contributed by atoms with Crippen molar-refractivity contribution >= 4 is 17.2 Å². The van der Waals surface area contributed by atoms with Crippen LogP contribution >= 0.6 is 11.3 Å². The van der Waals surface area contributed by atoms with Gasteiger partial charge >= 0.3 is 0 Å². The predicted molar refractivity (Wildman–Crippen MR) is 75.8 cm³/mol. The quantitative estimate of drug-likeness (QED) is 0.435. The largest absolute Gasteiger partial charge is 0.396 e. The van der Waals surface area contributed by atoms with Gasteiger partial charge in [0.1, 0.15) is 0 Å². The fourth-order valence-electron chi connectivity index (χ4n) is 2.54. The van der Waals surface area contributed by atoms with Crippen molar-refractivity contribution in [2.24, 2.45) is 11.8 Å². The molecule has 1 unspecified atom stereocenters. The number of nitrogens with two attached hydrogens (primary N) is 1. The van der Waals surface area contributed by atoms with E-state index in [1.165, 1.54) is 16.9 Å². The van der Waals surface area contributed by atoms with Crippen LogP contribution in [0.15, 0.2) is 6.07 Å². The minimum atomic E-state index is -0.230. The van der Waals surface area contributed by atoms with Crippen LogP contribution in [0.3, 0.4) is 0 Å². The monoisotopic (exact) mass is 283 g/mol. The zero-order valence-electron chi connectivity index (χ0n) is 11.2. The van der Waals surface area contributed by atoms with Crippen molar-refractivity contribution in [3.63, 3.8) is 0 Å². The second-order valence-electron chi connectivity index (χ2n) is 5.09. The molecule has 1 saturated heterocycles. The van der Waals surface area contributed by atoms with Gasteiger partial charge in [0.25, 0.3) is 5.91 Å². The molecule has 6 heteroatoms. The van der Waals surface area contributed by atoms with Gasteiger partial charge in [-0.15, -0.1) is 11.3 Å². The zero-order chi connectivity index (χ0) is 13.8. The number of hydrazine groups is 1. The first kappa shape index (κ1) is 14.5. The molecule has 1 fully saturated rings. The maximum absolute atomic E-state index is 11.5. The number of nitrogens with one attached hydrogen (secondary N) is 1. The van der Waals surface area contributed by atoms with Gasteiger partial charge in [-0.1, -0.05) is 0 Å². The number of rotatable bonds is 4. The average Bonchev–Trinajstić information content (AvgIpc) is 2.79. The topological polar surface area (TPSA) is 78.6 Å². The molecule has 5 nitrogen and oxygen atoms in total. The maximum Gasteiger partial charge on any atom is 0.275 e. The van der Waals surface area contributed by atoms with Crippen molar-refractivity contribution in [1.82, 2.24) is 10.3 Å². The highest BCUT2D eigenvalue weighted by molar-refractivity contribution is 7.14. The Hall–Kier alpha value is -0.950.